The fourth-order valence-electron chi connectivity index (χ4n) is 3.93. The molecule has 8 nitrogen and oxygen atoms in total. The molecule has 9 heteroatoms. The van der Waals surface area contributed by atoms with Crippen molar-refractivity contribution in [3.05, 3.63) is 48.4 Å². The standard InChI is InChI=1S/C21H23N7OS/c1-30-17-4-2-14(3-5-17)11-27-12-16-13-29-7-6-28(16)20-18(27)10-23-19(26-20)15-8-24-21(22)25-9-15/h2-5,8-10,16H,6-7,11-13H2,1H3,(H2,22,24,25). The van der Waals surface area contributed by atoms with Gasteiger partial charge in [-0.2, -0.15) is 0 Å². The molecule has 154 valence electrons. The van der Waals surface area contributed by atoms with Crippen LogP contribution in [0.2, 0.25) is 0 Å². The number of ether oxygens (including phenoxy) is 1. The van der Waals surface area contributed by atoms with E-state index in [4.69, 9.17) is 15.5 Å². The summed E-state index contributed by atoms with van der Waals surface area (Å²) in [6, 6.07) is 8.98. The maximum Gasteiger partial charge on any atom is 0.219 e. The van der Waals surface area contributed by atoms with E-state index in [0.29, 0.717) is 19.0 Å². The summed E-state index contributed by atoms with van der Waals surface area (Å²) in [6.07, 6.45) is 7.33. The number of fused-ring (bicyclic) bond motifs is 3. The van der Waals surface area contributed by atoms with Gasteiger partial charge in [-0.25, -0.2) is 19.9 Å². The summed E-state index contributed by atoms with van der Waals surface area (Å²) in [6.45, 7) is 3.91. The lowest BCUT2D eigenvalue weighted by molar-refractivity contribution is 0.0936. The van der Waals surface area contributed by atoms with Crippen molar-refractivity contribution in [1.82, 2.24) is 19.9 Å². The minimum Gasteiger partial charge on any atom is -0.377 e. The smallest absolute Gasteiger partial charge is 0.219 e. The van der Waals surface area contributed by atoms with Gasteiger partial charge < -0.3 is 20.3 Å². The number of morpholine rings is 1. The van der Waals surface area contributed by atoms with E-state index in [1.807, 2.05) is 6.20 Å². The topological polar surface area (TPSA) is 93.3 Å². The van der Waals surface area contributed by atoms with E-state index in [9.17, 15) is 0 Å². The Hall–Kier alpha value is -2.91. The summed E-state index contributed by atoms with van der Waals surface area (Å²) in [7, 11) is 0. The van der Waals surface area contributed by atoms with Gasteiger partial charge in [0.25, 0.3) is 0 Å². The van der Waals surface area contributed by atoms with Crippen LogP contribution in [0.3, 0.4) is 0 Å². The molecule has 2 aliphatic rings. The van der Waals surface area contributed by atoms with E-state index in [0.717, 1.165) is 36.7 Å². The lowest BCUT2D eigenvalue weighted by Gasteiger charge is -2.45. The molecule has 0 saturated carbocycles. The lowest BCUT2D eigenvalue weighted by Crippen LogP contribution is -2.55. The molecular weight excluding hydrogens is 398 g/mol. The van der Waals surface area contributed by atoms with Gasteiger partial charge in [0.2, 0.25) is 5.95 Å². The van der Waals surface area contributed by atoms with Gasteiger partial charge in [0, 0.05) is 36.9 Å². The van der Waals surface area contributed by atoms with E-state index in [-0.39, 0.29) is 12.0 Å². The molecule has 2 N–H and O–H groups in total. The Morgan fingerprint density at radius 3 is 2.70 bits per heavy atom. The summed E-state index contributed by atoms with van der Waals surface area (Å²) in [5.41, 5.74) is 8.68. The van der Waals surface area contributed by atoms with Crippen molar-refractivity contribution in [3.63, 3.8) is 0 Å². The highest BCUT2D eigenvalue weighted by molar-refractivity contribution is 7.98. The number of nitrogens with two attached hydrogens (primary N) is 1. The molecule has 1 atom stereocenters. The lowest BCUT2D eigenvalue weighted by atomic mass is 10.1. The number of nitrogen functional groups attached to an aromatic ring is 1. The number of thioether (sulfide) groups is 1. The van der Waals surface area contributed by atoms with Crippen LogP contribution in [0.1, 0.15) is 5.56 Å². The predicted octanol–water partition coefficient (Wildman–Crippen LogP) is 2.46. The summed E-state index contributed by atoms with van der Waals surface area (Å²) < 4.78 is 5.76. The quantitative estimate of drug-likeness (QED) is 0.638. The highest BCUT2D eigenvalue weighted by Gasteiger charge is 2.34. The van der Waals surface area contributed by atoms with Crippen molar-refractivity contribution >= 4 is 29.2 Å². The molecule has 0 radical (unpaired) electrons. The van der Waals surface area contributed by atoms with Crippen LogP contribution in [0.25, 0.3) is 11.4 Å². The summed E-state index contributed by atoms with van der Waals surface area (Å²) >= 11 is 1.75. The molecule has 0 spiro atoms. The monoisotopic (exact) mass is 421 g/mol. The van der Waals surface area contributed by atoms with Crippen LogP contribution in [0, 0.1) is 0 Å². The van der Waals surface area contributed by atoms with Crippen molar-refractivity contribution in [1.29, 1.82) is 0 Å². The molecule has 0 amide bonds. The molecular formula is C21H23N7OS. The number of nitrogens with zero attached hydrogens (tertiary/aromatic N) is 6. The van der Waals surface area contributed by atoms with E-state index in [1.54, 1.807) is 24.2 Å². The maximum atomic E-state index is 5.76. The second kappa shape index (κ2) is 8.08. The molecule has 3 aromatic rings. The molecule has 1 unspecified atom stereocenters. The molecule has 2 aromatic heterocycles. The third-order valence-corrected chi connectivity index (χ3v) is 6.23. The molecule has 30 heavy (non-hydrogen) atoms. The van der Waals surface area contributed by atoms with Crippen LogP contribution in [0.15, 0.2) is 47.8 Å². The Morgan fingerprint density at radius 2 is 1.93 bits per heavy atom. The summed E-state index contributed by atoms with van der Waals surface area (Å²) in [5.74, 6) is 1.78. The minimum absolute atomic E-state index is 0.239. The average Bonchev–Trinajstić information content (AvgIpc) is 2.80. The highest BCUT2D eigenvalue weighted by atomic mass is 32.2. The first-order valence-corrected chi connectivity index (χ1v) is 11.1. The summed E-state index contributed by atoms with van der Waals surface area (Å²) in [5, 5.41) is 0. The van der Waals surface area contributed by atoms with Gasteiger partial charge in [-0.1, -0.05) is 12.1 Å². The zero-order valence-electron chi connectivity index (χ0n) is 16.7. The van der Waals surface area contributed by atoms with Gasteiger partial charge in [-0.3, -0.25) is 0 Å². The molecule has 0 aliphatic carbocycles. The molecule has 1 aromatic carbocycles. The van der Waals surface area contributed by atoms with Gasteiger partial charge >= 0.3 is 0 Å². The first-order valence-electron chi connectivity index (χ1n) is 9.88. The number of anilines is 3. The normalized spacial score (nSPS) is 18.1. The molecule has 5 rings (SSSR count). The Morgan fingerprint density at radius 1 is 1.13 bits per heavy atom. The van der Waals surface area contributed by atoms with Crippen LogP contribution >= 0.6 is 11.8 Å². The second-order valence-electron chi connectivity index (χ2n) is 7.38. The van der Waals surface area contributed by atoms with Crippen molar-refractivity contribution in [2.24, 2.45) is 0 Å². The van der Waals surface area contributed by atoms with Crippen molar-refractivity contribution < 1.29 is 4.74 Å². The zero-order chi connectivity index (χ0) is 20.5. The van der Waals surface area contributed by atoms with Crippen molar-refractivity contribution in [3.8, 4) is 11.4 Å². The number of hydrogen-bond donors (Lipinski definition) is 1. The Balaban J connectivity index is 1.50. The maximum absolute atomic E-state index is 5.76. The van der Waals surface area contributed by atoms with E-state index < -0.39 is 0 Å². The molecule has 4 heterocycles. The van der Waals surface area contributed by atoms with Crippen LogP contribution in [0.5, 0.6) is 0 Å². The highest BCUT2D eigenvalue weighted by Crippen LogP contribution is 2.36. The Kier molecular flexibility index (Phi) is 5.14. The van der Waals surface area contributed by atoms with Gasteiger partial charge in [0.1, 0.15) is 0 Å². The van der Waals surface area contributed by atoms with Gasteiger partial charge in [-0.05, 0) is 24.0 Å². The second-order valence-corrected chi connectivity index (χ2v) is 8.26. The van der Waals surface area contributed by atoms with Crippen LogP contribution in [-0.4, -0.2) is 58.5 Å². The number of aromatic nitrogens is 4. The van der Waals surface area contributed by atoms with Crippen LogP contribution in [-0.2, 0) is 11.3 Å². The van der Waals surface area contributed by atoms with Crippen LogP contribution in [0.4, 0.5) is 17.5 Å². The molecule has 1 saturated heterocycles. The fraction of sp³-hybridized carbons (Fsp3) is 0.333. The zero-order valence-corrected chi connectivity index (χ0v) is 17.5. The fourth-order valence-corrected chi connectivity index (χ4v) is 4.34. The number of benzene rings is 1. The molecule has 1 fully saturated rings. The van der Waals surface area contributed by atoms with Gasteiger partial charge in [0.05, 0.1) is 36.7 Å². The summed E-state index contributed by atoms with van der Waals surface area (Å²) in [4.78, 5) is 23.6. The van der Waals surface area contributed by atoms with Gasteiger partial charge in [-0.15, -0.1) is 11.8 Å². The SMILES string of the molecule is CSc1ccc(CN2CC3COCCN3c3nc(-c4cnc(N)nc4)ncc32)cc1. The molecule has 2 aliphatic heterocycles. The Labute approximate surface area is 179 Å². The van der Waals surface area contributed by atoms with E-state index in [1.165, 1.54) is 10.5 Å². The van der Waals surface area contributed by atoms with Gasteiger partial charge in [0.15, 0.2) is 11.6 Å². The van der Waals surface area contributed by atoms with Crippen molar-refractivity contribution in [2.45, 2.75) is 17.5 Å². The third-order valence-electron chi connectivity index (χ3n) is 5.48. The van der Waals surface area contributed by atoms with E-state index in [2.05, 4.69) is 55.3 Å². The number of rotatable bonds is 4. The van der Waals surface area contributed by atoms with Crippen molar-refractivity contribution in [2.75, 3.05) is 48.1 Å². The minimum atomic E-state index is 0.239. The molecule has 0 bridgehead atoms. The van der Waals surface area contributed by atoms with E-state index >= 15 is 0 Å². The van der Waals surface area contributed by atoms with Crippen LogP contribution < -0.4 is 15.5 Å². The number of hydrogen-bond acceptors (Lipinski definition) is 9. The predicted molar refractivity (Wildman–Crippen MR) is 119 cm³/mol. The Bertz CT molecular complexity index is 1030. The first-order chi connectivity index (χ1) is 14.7. The average molecular weight is 422 g/mol. The third kappa shape index (κ3) is 3.66. The first kappa shape index (κ1) is 19.1. The largest absolute Gasteiger partial charge is 0.377 e.